The van der Waals surface area contributed by atoms with Crippen molar-refractivity contribution in [1.82, 2.24) is 9.88 Å². The molecule has 0 atom stereocenters. The van der Waals surface area contributed by atoms with Gasteiger partial charge in [-0.1, -0.05) is 18.2 Å². The van der Waals surface area contributed by atoms with Crippen molar-refractivity contribution in [2.45, 2.75) is 25.9 Å². The van der Waals surface area contributed by atoms with Gasteiger partial charge in [0, 0.05) is 23.6 Å². The molecule has 0 saturated heterocycles. The second-order valence-electron chi connectivity index (χ2n) is 4.89. The molecule has 1 heterocycles. The molecule has 1 aromatic carbocycles. The first-order chi connectivity index (χ1) is 8.04. The van der Waals surface area contributed by atoms with Crippen molar-refractivity contribution in [2.75, 3.05) is 7.05 Å². The first-order valence-electron chi connectivity index (χ1n) is 5.72. The summed E-state index contributed by atoms with van der Waals surface area (Å²) >= 11 is 0. The van der Waals surface area contributed by atoms with Crippen LogP contribution in [0.3, 0.4) is 0 Å². The molecule has 0 saturated carbocycles. The lowest BCUT2D eigenvalue weighted by molar-refractivity contribution is 0.203. The Morgan fingerprint density at radius 3 is 2.76 bits per heavy atom. The van der Waals surface area contributed by atoms with Crippen LogP contribution in [0.5, 0.6) is 0 Å². The van der Waals surface area contributed by atoms with Gasteiger partial charge in [0.25, 0.3) is 0 Å². The molecular formula is C14H17N3. The lowest BCUT2D eigenvalue weighted by Crippen LogP contribution is -2.38. The van der Waals surface area contributed by atoms with Gasteiger partial charge in [0.05, 0.1) is 6.07 Å². The van der Waals surface area contributed by atoms with Gasteiger partial charge >= 0.3 is 0 Å². The van der Waals surface area contributed by atoms with Gasteiger partial charge in [-0.05, 0) is 32.5 Å². The van der Waals surface area contributed by atoms with Crippen molar-refractivity contribution in [3.8, 4) is 6.07 Å². The van der Waals surface area contributed by atoms with Crippen LogP contribution in [0.4, 0.5) is 0 Å². The van der Waals surface area contributed by atoms with Gasteiger partial charge in [0.2, 0.25) is 0 Å². The molecule has 17 heavy (non-hydrogen) atoms. The van der Waals surface area contributed by atoms with Crippen molar-refractivity contribution in [3.63, 3.8) is 0 Å². The van der Waals surface area contributed by atoms with Gasteiger partial charge in [0.15, 0.2) is 0 Å². The zero-order chi connectivity index (χ0) is 12.5. The van der Waals surface area contributed by atoms with E-state index in [-0.39, 0.29) is 0 Å². The number of H-pyrrole nitrogens is 1. The first-order valence-corrected chi connectivity index (χ1v) is 5.72. The quantitative estimate of drug-likeness (QED) is 0.876. The van der Waals surface area contributed by atoms with E-state index in [1.165, 1.54) is 10.9 Å². The third kappa shape index (κ3) is 2.17. The summed E-state index contributed by atoms with van der Waals surface area (Å²) in [6.07, 6.45) is 2.02. The van der Waals surface area contributed by atoms with E-state index in [0.717, 1.165) is 12.1 Å². The molecule has 3 heteroatoms. The van der Waals surface area contributed by atoms with Crippen molar-refractivity contribution in [2.24, 2.45) is 0 Å². The number of fused-ring (bicyclic) bond motifs is 1. The highest BCUT2D eigenvalue weighted by molar-refractivity contribution is 5.82. The summed E-state index contributed by atoms with van der Waals surface area (Å²) in [6.45, 7) is 4.63. The van der Waals surface area contributed by atoms with E-state index in [9.17, 15) is 0 Å². The van der Waals surface area contributed by atoms with E-state index >= 15 is 0 Å². The third-order valence-electron chi connectivity index (χ3n) is 3.31. The van der Waals surface area contributed by atoms with Crippen LogP contribution in [-0.4, -0.2) is 22.5 Å². The van der Waals surface area contributed by atoms with E-state index in [1.807, 2.05) is 39.2 Å². The van der Waals surface area contributed by atoms with Crippen LogP contribution < -0.4 is 0 Å². The minimum Gasteiger partial charge on any atom is -0.361 e. The van der Waals surface area contributed by atoms with Crippen molar-refractivity contribution in [3.05, 3.63) is 36.0 Å². The van der Waals surface area contributed by atoms with Crippen LogP contribution in [0.25, 0.3) is 10.9 Å². The van der Waals surface area contributed by atoms with Crippen molar-refractivity contribution >= 4 is 10.9 Å². The Morgan fingerprint density at radius 2 is 2.06 bits per heavy atom. The minimum atomic E-state index is -0.446. The summed E-state index contributed by atoms with van der Waals surface area (Å²) < 4.78 is 0. The maximum absolute atomic E-state index is 9.11. The smallest absolute Gasteiger partial charge is 0.103 e. The summed E-state index contributed by atoms with van der Waals surface area (Å²) in [5.41, 5.74) is 1.93. The Bertz CT molecular complexity index is 560. The predicted molar refractivity (Wildman–Crippen MR) is 69.5 cm³/mol. The van der Waals surface area contributed by atoms with Crippen LogP contribution in [0, 0.1) is 11.3 Å². The fourth-order valence-electron chi connectivity index (χ4n) is 1.80. The molecule has 2 aromatic rings. The molecule has 2 rings (SSSR count). The summed E-state index contributed by atoms with van der Waals surface area (Å²) in [5.74, 6) is 0. The highest BCUT2D eigenvalue weighted by atomic mass is 15.2. The number of nitrogens with zero attached hydrogens (tertiary/aromatic N) is 2. The standard InChI is InChI=1S/C14H17N3/c1-14(2,10-15)17(3)9-11-8-16-13-7-5-4-6-12(11)13/h4-8,16H,9H2,1-3H3. The number of benzene rings is 1. The number of para-hydroxylation sites is 1. The van der Waals surface area contributed by atoms with E-state index in [1.54, 1.807) is 0 Å². The Kier molecular flexibility index (Phi) is 2.91. The molecule has 0 spiro atoms. The molecule has 0 unspecified atom stereocenters. The van der Waals surface area contributed by atoms with Gasteiger partial charge < -0.3 is 4.98 Å². The highest BCUT2D eigenvalue weighted by Crippen LogP contribution is 2.21. The van der Waals surface area contributed by atoms with Crippen LogP contribution in [-0.2, 0) is 6.54 Å². The maximum Gasteiger partial charge on any atom is 0.103 e. The Hall–Kier alpha value is -1.79. The summed E-state index contributed by atoms with van der Waals surface area (Å²) in [7, 11) is 1.98. The average Bonchev–Trinajstić information content (AvgIpc) is 2.73. The van der Waals surface area contributed by atoms with Gasteiger partial charge in [-0.15, -0.1) is 0 Å². The molecule has 0 aliphatic carbocycles. The highest BCUT2D eigenvalue weighted by Gasteiger charge is 2.23. The monoisotopic (exact) mass is 227 g/mol. The van der Waals surface area contributed by atoms with Crippen LogP contribution >= 0.6 is 0 Å². The van der Waals surface area contributed by atoms with E-state index in [0.29, 0.717) is 0 Å². The molecule has 0 aliphatic rings. The second-order valence-corrected chi connectivity index (χ2v) is 4.89. The van der Waals surface area contributed by atoms with E-state index in [4.69, 9.17) is 5.26 Å². The molecule has 0 radical (unpaired) electrons. The Labute approximate surface area is 102 Å². The molecule has 88 valence electrons. The molecule has 1 N–H and O–H groups in total. The average molecular weight is 227 g/mol. The largest absolute Gasteiger partial charge is 0.361 e. The third-order valence-corrected chi connectivity index (χ3v) is 3.31. The zero-order valence-corrected chi connectivity index (χ0v) is 10.5. The molecule has 0 amide bonds. The summed E-state index contributed by atoms with van der Waals surface area (Å²) in [4.78, 5) is 5.31. The van der Waals surface area contributed by atoms with E-state index < -0.39 is 5.54 Å². The zero-order valence-electron chi connectivity index (χ0n) is 10.5. The number of nitrogens with one attached hydrogen (secondary N) is 1. The number of rotatable bonds is 3. The fraction of sp³-hybridized carbons (Fsp3) is 0.357. The summed E-state index contributed by atoms with van der Waals surface area (Å²) in [5, 5.41) is 10.3. The summed E-state index contributed by atoms with van der Waals surface area (Å²) in [6, 6.07) is 10.5. The predicted octanol–water partition coefficient (Wildman–Crippen LogP) is 2.90. The van der Waals surface area contributed by atoms with Gasteiger partial charge in [-0.25, -0.2) is 0 Å². The fourth-order valence-corrected chi connectivity index (χ4v) is 1.80. The van der Waals surface area contributed by atoms with Gasteiger partial charge in [-0.3, -0.25) is 4.90 Å². The number of hydrogen-bond acceptors (Lipinski definition) is 2. The molecular weight excluding hydrogens is 210 g/mol. The van der Waals surface area contributed by atoms with Crippen molar-refractivity contribution < 1.29 is 0 Å². The van der Waals surface area contributed by atoms with Crippen LogP contribution in [0.15, 0.2) is 30.5 Å². The number of aromatic amines is 1. The van der Waals surface area contributed by atoms with Crippen LogP contribution in [0.2, 0.25) is 0 Å². The SMILES string of the molecule is CN(Cc1c[nH]c2ccccc12)C(C)(C)C#N. The normalized spacial score (nSPS) is 11.9. The Morgan fingerprint density at radius 1 is 1.35 bits per heavy atom. The van der Waals surface area contributed by atoms with Gasteiger partial charge in [-0.2, -0.15) is 5.26 Å². The Balaban J connectivity index is 2.28. The number of nitriles is 1. The molecule has 3 nitrogen and oxygen atoms in total. The molecule has 0 aliphatic heterocycles. The molecule has 0 fully saturated rings. The van der Waals surface area contributed by atoms with Crippen molar-refractivity contribution in [1.29, 1.82) is 5.26 Å². The molecule has 0 bridgehead atoms. The lowest BCUT2D eigenvalue weighted by Gasteiger charge is -2.28. The van der Waals surface area contributed by atoms with Gasteiger partial charge in [0.1, 0.15) is 5.54 Å². The lowest BCUT2D eigenvalue weighted by atomic mass is 10.0. The molecule has 1 aromatic heterocycles. The second kappa shape index (κ2) is 4.23. The number of hydrogen-bond donors (Lipinski definition) is 1. The maximum atomic E-state index is 9.11. The number of aromatic nitrogens is 1. The minimum absolute atomic E-state index is 0.446. The topological polar surface area (TPSA) is 42.8 Å². The van der Waals surface area contributed by atoms with E-state index in [2.05, 4.69) is 28.1 Å². The first kappa shape index (κ1) is 11.7. The van der Waals surface area contributed by atoms with Crippen LogP contribution in [0.1, 0.15) is 19.4 Å².